The van der Waals surface area contributed by atoms with E-state index in [1.165, 1.54) is 19.2 Å². The van der Waals surface area contributed by atoms with Gasteiger partial charge in [-0.3, -0.25) is 0 Å². The molecule has 0 fully saturated rings. The fourth-order valence-corrected chi connectivity index (χ4v) is 1.40. The first kappa shape index (κ1) is 15.1. The zero-order valence-corrected chi connectivity index (χ0v) is 10.5. The molecule has 0 bridgehead atoms. The lowest BCUT2D eigenvalue weighted by atomic mass is 10.1. The summed E-state index contributed by atoms with van der Waals surface area (Å²) in [6, 6.07) is 3.50. The molecule has 6 heteroatoms. The first-order valence-corrected chi connectivity index (χ1v) is 5.48. The van der Waals surface area contributed by atoms with Gasteiger partial charge in [0, 0.05) is 6.08 Å². The van der Waals surface area contributed by atoms with Gasteiger partial charge in [-0.25, -0.2) is 4.79 Å². The number of halogens is 3. The van der Waals surface area contributed by atoms with Gasteiger partial charge in [0.2, 0.25) is 0 Å². The lowest BCUT2D eigenvalue weighted by Crippen LogP contribution is -2.08. The maximum Gasteiger partial charge on any atom is 0.417 e. The van der Waals surface area contributed by atoms with Crippen LogP contribution in [0, 0.1) is 0 Å². The summed E-state index contributed by atoms with van der Waals surface area (Å²) in [6.07, 6.45) is -2.50. The van der Waals surface area contributed by atoms with Crippen LogP contribution < -0.4 is 4.74 Å². The molecule has 0 atom stereocenters. The minimum absolute atomic E-state index is 0.0978. The first-order chi connectivity index (χ1) is 8.88. The van der Waals surface area contributed by atoms with Crippen LogP contribution in [0.15, 0.2) is 24.3 Å². The van der Waals surface area contributed by atoms with Crippen LogP contribution in [0.3, 0.4) is 0 Å². The Bertz CT molecular complexity index is 479. The summed E-state index contributed by atoms with van der Waals surface area (Å²) in [5, 5.41) is 0. The van der Waals surface area contributed by atoms with Crippen molar-refractivity contribution >= 4 is 12.0 Å². The van der Waals surface area contributed by atoms with Crippen molar-refractivity contribution in [2.24, 2.45) is 0 Å². The van der Waals surface area contributed by atoms with Gasteiger partial charge in [0.15, 0.2) is 0 Å². The van der Waals surface area contributed by atoms with Gasteiger partial charge in [-0.1, -0.05) is 6.07 Å². The minimum atomic E-state index is -4.52. The van der Waals surface area contributed by atoms with E-state index in [0.717, 1.165) is 18.2 Å². The van der Waals surface area contributed by atoms with Crippen LogP contribution in [0.4, 0.5) is 13.2 Å². The predicted molar refractivity (Wildman–Crippen MR) is 63.7 cm³/mol. The Hall–Kier alpha value is -1.98. The van der Waals surface area contributed by atoms with Crippen molar-refractivity contribution in [2.45, 2.75) is 13.1 Å². The Balaban J connectivity index is 3.10. The SMILES string of the molecule is CCOC(=O)C=Cc1ccc(OC)cc1C(F)(F)F. The summed E-state index contributed by atoms with van der Waals surface area (Å²) in [7, 11) is 1.28. The number of hydrogen-bond acceptors (Lipinski definition) is 3. The van der Waals surface area contributed by atoms with Crippen molar-refractivity contribution in [2.75, 3.05) is 13.7 Å². The molecule has 0 saturated carbocycles. The molecule has 0 aliphatic heterocycles. The maximum atomic E-state index is 12.8. The quantitative estimate of drug-likeness (QED) is 0.624. The molecule has 0 spiro atoms. The van der Waals surface area contributed by atoms with Gasteiger partial charge in [0.1, 0.15) is 5.75 Å². The van der Waals surface area contributed by atoms with E-state index in [1.807, 2.05) is 0 Å². The van der Waals surface area contributed by atoms with Crippen molar-refractivity contribution in [1.82, 2.24) is 0 Å². The molecular formula is C13H13F3O3. The Labute approximate surface area is 108 Å². The first-order valence-electron chi connectivity index (χ1n) is 5.48. The second-order valence-corrected chi connectivity index (χ2v) is 3.54. The van der Waals surface area contributed by atoms with Gasteiger partial charge >= 0.3 is 12.1 Å². The summed E-state index contributed by atoms with van der Waals surface area (Å²) in [4.78, 5) is 11.1. The van der Waals surface area contributed by atoms with Crippen molar-refractivity contribution in [3.63, 3.8) is 0 Å². The Kier molecular flexibility index (Phi) is 4.97. The number of carbonyl (C=O) groups is 1. The Morgan fingerprint density at radius 3 is 2.58 bits per heavy atom. The number of alkyl halides is 3. The van der Waals surface area contributed by atoms with E-state index in [0.29, 0.717) is 0 Å². The summed E-state index contributed by atoms with van der Waals surface area (Å²) in [6.45, 7) is 1.78. The zero-order chi connectivity index (χ0) is 14.5. The van der Waals surface area contributed by atoms with Gasteiger partial charge in [0.05, 0.1) is 19.3 Å². The largest absolute Gasteiger partial charge is 0.497 e. The van der Waals surface area contributed by atoms with E-state index >= 15 is 0 Å². The van der Waals surface area contributed by atoms with E-state index in [-0.39, 0.29) is 17.9 Å². The molecular weight excluding hydrogens is 261 g/mol. The van der Waals surface area contributed by atoms with Gasteiger partial charge in [-0.05, 0) is 30.7 Å². The molecule has 0 unspecified atom stereocenters. The predicted octanol–water partition coefficient (Wildman–Crippen LogP) is 3.29. The van der Waals surface area contributed by atoms with Crippen LogP contribution >= 0.6 is 0 Å². The van der Waals surface area contributed by atoms with Gasteiger partial charge in [-0.2, -0.15) is 13.2 Å². The monoisotopic (exact) mass is 274 g/mol. The van der Waals surface area contributed by atoms with Crippen LogP contribution in [0.1, 0.15) is 18.1 Å². The van der Waals surface area contributed by atoms with Crippen LogP contribution in [-0.4, -0.2) is 19.7 Å². The highest BCUT2D eigenvalue weighted by Gasteiger charge is 2.33. The summed E-state index contributed by atoms with van der Waals surface area (Å²) >= 11 is 0. The third-order valence-electron chi connectivity index (χ3n) is 2.25. The lowest BCUT2D eigenvalue weighted by Gasteiger charge is -2.11. The molecule has 0 aliphatic carbocycles. The van der Waals surface area contributed by atoms with E-state index in [9.17, 15) is 18.0 Å². The highest BCUT2D eigenvalue weighted by atomic mass is 19.4. The van der Waals surface area contributed by atoms with Crippen LogP contribution in [-0.2, 0) is 15.7 Å². The number of hydrogen-bond donors (Lipinski definition) is 0. The molecule has 1 rings (SSSR count). The van der Waals surface area contributed by atoms with E-state index in [4.69, 9.17) is 4.74 Å². The minimum Gasteiger partial charge on any atom is -0.497 e. The van der Waals surface area contributed by atoms with Crippen LogP contribution in [0.25, 0.3) is 6.08 Å². The summed E-state index contributed by atoms with van der Waals surface area (Å²) < 4.78 is 47.9. The topological polar surface area (TPSA) is 35.5 Å². The second-order valence-electron chi connectivity index (χ2n) is 3.54. The van der Waals surface area contributed by atoms with E-state index in [1.54, 1.807) is 6.92 Å². The average molecular weight is 274 g/mol. The van der Waals surface area contributed by atoms with Gasteiger partial charge < -0.3 is 9.47 Å². The van der Waals surface area contributed by atoms with Gasteiger partial charge in [-0.15, -0.1) is 0 Å². The highest BCUT2D eigenvalue weighted by Crippen LogP contribution is 2.34. The molecule has 0 aromatic heterocycles. The number of carbonyl (C=O) groups excluding carboxylic acids is 1. The molecule has 0 heterocycles. The fraction of sp³-hybridized carbons (Fsp3) is 0.308. The van der Waals surface area contributed by atoms with Crippen molar-refractivity contribution in [1.29, 1.82) is 0 Å². The molecule has 1 aromatic rings. The van der Waals surface area contributed by atoms with Crippen LogP contribution in [0.5, 0.6) is 5.75 Å². The highest BCUT2D eigenvalue weighted by molar-refractivity contribution is 5.87. The Morgan fingerprint density at radius 1 is 1.37 bits per heavy atom. The molecule has 0 aliphatic rings. The number of methoxy groups -OCH3 is 1. The molecule has 0 amide bonds. The molecule has 19 heavy (non-hydrogen) atoms. The van der Waals surface area contributed by atoms with Crippen molar-refractivity contribution < 1.29 is 27.4 Å². The van der Waals surface area contributed by atoms with Crippen LogP contribution in [0.2, 0.25) is 0 Å². The van der Waals surface area contributed by atoms with E-state index in [2.05, 4.69) is 4.74 Å². The smallest absolute Gasteiger partial charge is 0.417 e. The lowest BCUT2D eigenvalue weighted by molar-refractivity contribution is -0.138. The van der Waals surface area contributed by atoms with Crippen molar-refractivity contribution in [3.05, 3.63) is 35.4 Å². The standard InChI is InChI=1S/C13H13F3O3/c1-3-19-12(17)7-5-9-4-6-10(18-2)8-11(9)13(14,15)16/h4-8H,3H2,1-2H3. The summed E-state index contributed by atoms with van der Waals surface area (Å²) in [5.74, 6) is -0.591. The number of rotatable bonds is 4. The summed E-state index contributed by atoms with van der Waals surface area (Å²) in [5.41, 5.74) is -0.992. The second kappa shape index (κ2) is 6.26. The third kappa shape index (κ3) is 4.31. The molecule has 0 radical (unpaired) electrons. The molecule has 1 aromatic carbocycles. The fourth-order valence-electron chi connectivity index (χ4n) is 1.40. The Morgan fingerprint density at radius 2 is 2.05 bits per heavy atom. The zero-order valence-electron chi connectivity index (χ0n) is 10.5. The molecule has 0 saturated heterocycles. The van der Waals surface area contributed by atoms with Crippen molar-refractivity contribution in [3.8, 4) is 5.75 Å². The molecule has 3 nitrogen and oxygen atoms in total. The number of ether oxygens (including phenoxy) is 2. The normalized spacial score (nSPS) is 11.6. The molecule has 0 N–H and O–H groups in total. The number of benzene rings is 1. The third-order valence-corrected chi connectivity index (χ3v) is 2.25. The average Bonchev–Trinajstić information content (AvgIpc) is 2.35. The maximum absolute atomic E-state index is 12.8. The molecule has 104 valence electrons. The number of esters is 1. The van der Waals surface area contributed by atoms with Gasteiger partial charge in [0.25, 0.3) is 0 Å². The van der Waals surface area contributed by atoms with E-state index < -0.39 is 17.7 Å².